The first-order valence-corrected chi connectivity index (χ1v) is 7.32. The van der Waals surface area contributed by atoms with Crippen LogP contribution in [0.15, 0.2) is 18.2 Å². The number of aryl methyl sites for hydroxylation is 1. The SMILES string of the molecule is Cc1ccc(OCC(=O)NC2CCCCC2)c(C(=O)O)c1. The number of nitrogens with one attached hydrogen (secondary N) is 1. The van der Waals surface area contributed by atoms with Gasteiger partial charge < -0.3 is 15.2 Å². The molecule has 0 heterocycles. The van der Waals surface area contributed by atoms with Crippen molar-refractivity contribution >= 4 is 11.9 Å². The van der Waals surface area contributed by atoms with Crippen molar-refractivity contribution in [2.45, 2.75) is 45.1 Å². The molecule has 1 aliphatic carbocycles. The van der Waals surface area contributed by atoms with E-state index in [9.17, 15) is 9.59 Å². The van der Waals surface area contributed by atoms with E-state index in [4.69, 9.17) is 9.84 Å². The van der Waals surface area contributed by atoms with E-state index < -0.39 is 5.97 Å². The molecule has 0 bridgehead atoms. The molecule has 0 radical (unpaired) electrons. The van der Waals surface area contributed by atoms with Crippen molar-refractivity contribution in [2.75, 3.05) is 6.61 Å². The van der Waals surface area contributed by atoms with Crippen molar-refractivity contribution in [1.29, 1.82) is 0 Å². The summed E-state index contributed by atoms with van der Waals surface area (Å²) in [5.74, 6) is -1.02. The molecule has 2 N–H and O–H groups in total. The van der Waals surface area contributed by atoms with Gasteiger partial charge in [-0.3, -0.25) is 4.79 Å². The smallest absolute Gasteiger partial charge is 0.339 e. The van der Waals surface area contributed by atoms with Gasteiger partial charge in [-0.1, -0.05) is 30.9 Å². The fourth-order valence-electron chi connectivity index (χ4n) is 2.60. The van der Waals surface area contributed by atoms with Crippen molar-refractivity contribution < 1.29 is 19.4 Å². The molecule has 1 amide bonds. The summed E-state index contributed by atoms with van der Waals surface area (Å²) in [6.45, 7) is 1.66. The van der Waals surface area contributed by atoms with E-state index in [1.165, 1.54) is 12.5 Å². The lowest BCUT2D eigenvalue weighted by atomic mass is 9.95. The minimum Gasteiger partial charge on any atom is -0.483 e. The van der Waals surface area contributed by atoms with E-state index in [-0.39, 0.29) is 29.9 Å². The summed E-state index contributed by atoms with van der Waals surface area (Å²) in [7, 11) is 0. The van der Waals surface area contributed by atoms with E-state index in [2.05, 4.69) is 5.32 Å². The molecule has 5 heteroatoms. The second-order valence-electron chi connectivity index (χ2n) is 5.50. The molecule has 0 saturated heterocycles. The molecule has 1 saturated carbocycles. The summed E-state index contributed by atoms with van der Waals surface area (Å²) in [4.78, 5) is 23.0. The van der Waals surface area contributed by atoms with Crippen LogP contribution in [0.3, 0.4) is 0 Å². The standard InChI is InChI=1S/C16H21NO4/c1-11-7-8-14(13(9-11)16(19)20)21-10-15(18)17-12-5-3-2-4-6-12/h7-9,12H,2-6,10H2,1H3,(H,17,18)(H,19,20). The van der Waals surface area contributed by atoms with Crippen LogP contribution in [0, 0.1) is 6.92 Å². The van der Waals surface area contributed by atoms with Gasteiger partial charge in [0.05, 0.1) is 0 Å². The highest BCUT2D eigenvalue weighted by Gasteiger charge is 2.17. The molecule has 0 atom stereocenters. The lowest BCUT2D eigenvalue weighted by Crippen LogP contribution is -2.39. The topological polar surface area (TPSA) is 75.6 Å². The Bertz CT molecular complexity index is 521. The Kier molecular flexibility index (Phi) is 5.20. The van der Waals surface area contributed by atoms with Crippen LogP contribution in [0.5, 0.6) is 5.75 Å². The van der Waals surface area contributed by atoms with Gasteiger partial charge in [-0.15, -0.1) is 0 Å². The van der Waals surface area contributed by atoms with Crippen LogP contribution >= 0.6 is 0 Å². The number of carboxylic acid groups (broad SMARTS) is 1. The van der Waals surface area contributed by atoms with E-state index in [1.807, 2.05) is 6.92 Å². The zero-order chi connectivity index (χ0) is 15.2. The van der Waals surface area contributed by atoms with Gasteiger partial charge in [-0.2, -0.15) is 0 Å². The number of aromatic carboxylic acids is 1. The van der Waals surface area contributed by atoms with Crippen LogP contribution in [0.1, 0.15) is 48.0 Å². The molecule has 2 rings (SSSR count). The number of benzene rings is 1. The summed E-state index contributed by atoms with van der Waals surface area (Å²) in [5, 5.41) is 12.1. The quantitative estimate of drug-likeness (QED) is 0.874. The largest absolute Gasteiger partial charge is 0.483 e. The zero-order valence-electron chi connectivity index (χ0n) is 12.2. The molecule has 0 aromatic heterocycles. The minimum absolute atomic E-state index is 0.0838. The summed E-state index contributed by atoms with van der Waals surface area (Å²) < 4.78 is 5.36. The van der Waals surface area contributed by atoms with Crippen molar-refractivity contribution in [2.24, 2.45) is 0 Å². The highest BCUT2D eigenvalue weighted by molar-refractivity contribution is 5.91. The maximum atomic E-state index is 11.8. The third kappa shape index (κ3) is 4.48. The summed E-state index contributed by atoms with van der Waals surface area (Å²) >= 11 is 0. The Morgan fingerprint density at radius 2 is 2.00 bits per heavy atom. The second kappa shape index (κ2) is 7.11. The predicted molar refractivity (Wildman–Crippen MR) is 78.6 cm³/mol. The first-order chi connectivity index (χ1) is 10.1. The molecule has 1 fully saturated rings. The zero-order valence-corrected chi connectivity index (χ0v) is 12.2. The molecule has 114 valence electrons. The highest BCUT2D eigenvalue weighted by atomic mass is 16.5. The first kappa shape index (κ1) is 15.4. The monoisotopic (exact) mass is 291 g/mol. The highest BCUT2D eigenvalue weighted by Crippen LogP contribution is 2.20. The third-order valence-electron chi connectivity index (χ3n) is 3.69. The number of carbonyl (C=O) groups is 2. The van der Waals surface area contributed by atoms with Gasteiger partial charge in [-0.05, 0) is 31.9 Å². The fraction of sp³-hybridized carbons (Fsp3) is 0.500. The maximum Gasteiger partial charge on any atom is 0.339 e. The van der Waals surface area contributed by atoms with E-state index in [1.54, 1.807) is 12.1 Å². The molecule has 21 heavy (non-hydrogen) atoms. The summed E-state index contributed by atoms with van der Waals surface area (Å²) in [5.41, 5.74) is 0.923. The average molecular weight is 291 g/mol. The average Bonchev–Trinajstić information content (AvgIpc) is 2.47. The molecule has 0 aliphatic heterocycles. The van der Waals surface area contributed by atoms with E-state index >= 15 is 0 Å². The Balaban J connectivity index is 1.90. The normalized spacial score (nSPS) is 15.5. The molecule has 1 aromatic carbocycles. The Morgan fingerprint density at radius 3 is 2.67 bits per heavy atom. The number of carbonyl (C=O) groups excluding carboxylic acids is 1. The van der Waals surface area contributed by atoms with Gasteiger partial charge in [0.15, 0.2) is 6.61 Å². The molecule has 0 unspecified atom stereocenters. The van der Waals surface area contributed by atoms with Crippen LogP contribution in [-0.4, -0.2) is 29.6 Å². The van der Waals surface area contributed by atoms with Gasteiger partial charge in [0.1, 0.15) is 11.3 Å². The number of amides is 1. The lowest BCUT2D eigenvalue weighted by Gasteiger charge is -2.22. The third-order valence-corrected chi connectivity index (χ3v) is 3.69. The van der Waals surface area contributed by atoms with Crippen LogP contribution in [0.4, 0.5) is 0 Å². The van der Waals surface area contributed by atoms with Crippen LogP contribution in [0.25, 0.3) is 0 Å². The predicted octanol–water partition coefficient (Wildman–Crippen LogP) is 2.52. The lowest BCUT2D eigenvalue weighted by molar-refractivity contribution is -0.124. The number of ether oxygens (including phenoxy) is 1. The molecular weight excluding hydrogens is 270 g/mol. The summed E-state index contributed by atoms with van der Waals surface area (Å²) in [6, 6.07) is 5.12. The van der Waals surface area contributed by atoms with Crippen molar-refractivity contribution in [3.05, 3.63) is 29.3 Å². The van der Waals surface area contributed by atoms with Crippen LogP contribution in [-0.2, 0) is 4.79 Å². The Labute approximate surface area is 124 Å². The number of hydrogen-bond acceptors (Lipinski definition) is 3. The molecule has 0 spiro atoms. The molecular formula is C16H21NO4. The Hall–Kier alpha value is -2.04. The molecule has 1 aliphatic rings. The van der Waals surface area contributed by atoms with Crippen molar-refractivity contribution in [1.82, 2.24) is 5.32 Å². The Morgan fingerprint density at radius 1 is 1.29 bits per heavy atom. The van der Waals surface area contributed by atoms with Crippen LogP contribution in [0.2, 0.25) is 0 Å². The fourth-order valence-corrected chi connectivity index (χ4v) is 2.60. The number of hydrogen-bond donors (Lipinski definition) is 2. The van der Waals surface area contributed by atoms with Crippen molar-refractivity contribution in [3.8, 4) is 5.75 Å². The number of rotatable bonds is 5. The molecule has 5 nitrogen and oxygen atoms in total. The van der Waals surface area contributed by atoms with Gasteiger partial charge in [0.25, 0.3) is 5.91 Å². The van der Waals surface area contributed by atoms with Gasteiger partial charge in [0, 0.05) is 6.04 Å². The maximum absolute atomic E-state index is 11.8. The van der Waals surface area contributed by atoms with Gasteiger partial charge in [0.2, 0.25) is 0 Å². The van der Waals surface area contributed by atoms with Crippen molar-refractivity contribution in [3.63, 3.8) is 0 Å². The number of carboxylic acids is 1. The second-order valence-corrected chi connectivity index (χ2v) is 5.50. The summed E-state index contributed by atoms with van der Waals surface area (Å²) in [6.07, 6.45) is 5.54. The van der Waals surface area contributed by atoms with Crippen LogP contribution < -0.4 is 10.1 Å². The molecule has 1 aromatic rings. The van der Waals surface area contributed by atoms with E-state index in [0.717, 1.165) is 31.2 Å². The van der Waals surface area contributed by atoms with Gasteiger partial charge >= 0.3 is 5.97 Å². The minimum atomic E-state index is -1.05. The van der Waals surface area contributed by atoms with E-state index in [0.29, 0.717) is 0 Å². The first-order valence-electron chi connectivity index (χ1n) is 7.32. The van der Waals surface area contributed by atoms with Gasteiger partial charge in [-0.25, -0.2) is 4.79 Å².